The van der Waals surface area contributed by atoms with Crippen molar-refractivity contribution in [3.05, 3.63) is 59.2 Å². The fourth-order valence-electron chi connectivity index (χ4n) is 4.25. The highest BCUT2D eigenvalue weighted by Gasteiger charge is 2.11. The Balaban J connectivity index is 1.48. The Morgan fingerprint density at radius 1 is 1.11 bits per heavy atom. The van der Waals surface area contributed by atoms with Gasteiger partial charge in [0.05, 0.1) is 24.3 Å². The zero-order valence-corrected chi connectivity index (χ0v) is 21.8. The van der Waals surface area contributed by atoms with Crippen LogP contribution in [0.25, 0.3) is 0 Å². The second-order valence-electron chi connectivity index (χ2n) is 9.69. The first kappa shape index (κ1) is 28.8. The summed E-state index contributed by atoms with van der Waals surface area (Å²) in [6.45, 7) is 6.86. The highest BCUT2D eigenvalue weighted by Crippen LogP contribution is 2.15. The van der Waals surface area contributed by atoms with Crippen molar-refractivity contribution in [3.8, 4) is 0 Å². The Hall–Kier alpha value is -2.44. The number of nitrogens with zero attached hydrogens (tertiary/aromatic N) is 1. The van der Waals surface area contributed by atoms with Crippen LogP contribution in [-0.2, 0) is 9.53 Å². The van der Waals surface area contributed by atoms with E-state index in [4.69, 9.17) is 9.84 Å². The molecule has 2 N–H and O–H groups in total. The van der Waals surface area contributed by atoms with Gasteiger partial charge in [0.2, 0.25) is 5.91 Å². The molecule has 1 aromatic carbocycles. The third kappa shape index (κ3) is 12.2. The lowest BCUT2D eigenvalue weighted by Gasteiger charge is -2.20. The molecular weight excluding hydrogens is 440 g/mol. The van der Waals surface area contributed by atoms with Crippen LogP contribution in [0, 0.1) is 0 Å². The first-order chi connectivity index (χ1) is 16.8. The van der Waals surface area contributed by atoms with Gasteiger partial charge < -0.3 is 20.1 Å². The molecule has 1 aliphatic rings. The van der Waals surface area contributed by atoms with E-state index in [0.29, 0.717) is 6.42 Å². The van der Waals surface area contributed by atoms with E-state index in [0.717, 1.165) is 57.4 Å². The molecule has 0 saturated carbocycles. The molecule has 1 unspecified atom stereocenters. The van der Waals surface area contributed by atoms with Gasteiger partial charge in [0.1, 0.15) is 0 Å². The Labute approximate surface area is 211 Å². The summed E-state index contributed by atoms with van der Waals surface area (Å²) in [6.07, 6.45) is 16.3. The molecule has 0 aliphatic heterocycles. The van der Waals surface area contributed by atoms with Crippen LogP contribution in [-0.4, -0.2) is 54.7 Å². The number of ether oxygens (including phenoxy) is 1. The number of carboxylic acid groups (broad SMARTS) is 1. The second-order valence-corrected chi connectivity index (χ2v) is 9.69. The molecule has 2 atom stereocenters. The van der Waals surface area contributed by atoms with Gasteiger partial charge in [-0.3, -0.25) is 4.79 Å². The first-order valence-electron chi connectivity index (χ1n) is 13.1. The van der Waals surface area contributed by atoms with Gasteiger partial charge in [-0.15, -0.1) is 0 Å². The van der Waals surface area contributed by atoms with Gasteiger partial charge in [0, 0.05) is 13.0 Å². The fourth-order valence-corrected chi connectivity index (χ4v) is 4.25. The van der Waals surface area contributed by atoms with Crippen molar-refractivity contribution in [1.82, 2.24) is 10.2 Å². The van der Waals surface area contributed by atoms with Crippen LogP contribution in [0.15, 0.2) is 48.1 Å². The smallest absolute Gasteiger partial charge is 0.335 e. The zero-order chi connectivity index (χ0) is 25.5. The maximum absolute atomic E-state index is 12.2. The van der Waals surface area contributed by atoms with Crippen LogP contribution in [0.3, 0.4) is 0 Å². The molecule has 0 saturated heterocycles. The number of aromatic carboxylic acids is 1. The van der Waals surface area contributed by atoms with Crippen molar-refractivity contribution >= 4 is 11.9 Å². The number of hydrogen-bond donors (Lipinski definition) is 2. The largest absolute Gasteiger partial charge is 0.478 e. The van der Waals surface area contributed by atoms with Gasteiger partial charge in [-0.25, -0.2) is 4.79 Å². The molecule has 194 valence electrons. The van der Waals surface area contributed by atoms with E-state index in [1.807, 2.05) is 6.92 Å². The number of amides is 1. The number of carbonyl (C=O) groups is 2. The van der Waals surface area contributed by atoms with Gasteiger partial charge in [0.25, 0.3) is 0 Å². The van der Waals surface area contributed by atoms with Gasteiger partial charge >= 0.3 is 5.97 Å². The Morgan fingerprint density at radius 3 is 2.57 bits per heavy atom. The number of carbonyl (C=O) groups excluding carboxylic acids is 1. The third-order valence-electron chi connectivity index (χ3n) is 6.47. The molecule has 1 aliphatic carbocycles. The van der Waals surface area contributed by atoms with Gasteiger partial charge in [0.15, 0.2) is 0 Å². The molecule has 6 nitrogen and oxygen atoms in total. The number of allylic oxidation sites excluding steroid dienone is 3. The number of likely N-dealkylation sites (N-methyl/N-ethyl adjacent to an activating group) is 1. The van der Waals surface area contributed by atoms with Gasteiger partial charge in [-0.2, -0.15) is 0 Å². The molecule has 0 aromatic heterocycles. The van der Waals surface area contributed by atoms with E-state index in [1.54, 1.807) is 24.3 Å². The minimum Gasteiger partial charge on any atom is -0.478 e. The number of nitrogens with one attached hydrogen (secondary N) is 1. The summed E-state index contributed by atoms with van der Waals surface area (Å²) in [5.74, 6) is -0.898. The Kier molecular flexibility index (Phi) is 13.4. The van der Waals surface area contributed by atoms with Gasteiger partial charge in [-0.05, 0) is 77.2 Å². The summed E-state index contributed by atoms with van der Waals surface area (Å²) >= 11 is 0. The molecule has 6 heteroatoms. The monoisotopic (exact) mass is 484 g/mol. The lowest BCUT2D eigenvalue weighted by Crippen LogP contribution is -2.26. The third-order valence-corrected chi connectivity index (χ3v) is 6.47. The van der Waals surface area contributed by atoms with Gasteiger partial charge in [-0.1, -0.05) is 55.2 Å². The maximum atomic E-state index is 12.2. The van der Waals surface area contributed by atoms with Crippen LogP contribution >= 0.6 is 0 Å². The predicted molar refractivity (Wildman–Crippen MR) is 142 cm³/mol. The van der Waals surface area contributed by atoms with E-state index in [2.05, 4.69) is 42.4 Å². The van der Waals surface area contributed by atoms with Crippen LogP contribution in [0.2, 0.25) is 0 Å². The molecule has 0 spiro atoms. The number of benzene rings is 1. The van der Waals surface area contributed by atoms with E-state index in [9.17, 15) is 9.59 Å². The highest BCUT2D eigenvalue weighted by atomic mass is 16.5. The summed E-state index contributed by atoms with van der Waals surface area (Å²) in [5, 5.41) is 12.0. The van der Waals surface area contributed by atoms with Crippen molar-refractivity contribution in [3.63, 3.8) is 0 Å². The van der Waals surface area contributed by atoms with E-state index in [-0.39, 0.29) is 23.6 Å². The lowest BCUT2D eigenvalue weighted by molar-refractivity contribution is -0.121. The van der Waals surface area contributed by atoms with E-state index in [1.165, 1.54) is 24.8 Å². The SMILES string of the molecule is CC1=CC(OCCN(C)CCCCCCCC(=O)N[C@@H](C)c2ccc(C(=O)O)cc2)CCCC=C1. The van der Waals surface area contributed by atoms with Crippen molar-refractivity contribution in [2.24, 2.45) is 0 Å². The summed E-state index contributed by atoms with van der Waals surface area (Å²) in [4.78, 5) is 25.5. The first-order valence-corrected chi connectivity index (χ1v) is 13.1. The quantitative estimate of drug-likeness (QED) is 0.303. The molecule has 0 heterocycles. The highest BCUT2D eigenvalue weighted by molar-refractivity contribution is 5.87. The standard InChI is InChI=1S/C29H44N2O4/c1-23-12-8-7-9-13-27(22-23)35-21-20-31(3)19-11-6-4-5-10-14-28(32)30-24(2)25-15-17-26(18-16-25)29(33)34/h8,12,15-18,22,24,27H,4-7,9-11,13-14,19-21H2,1-3H3,(H,30,32)(H,33,34)/t24-,27?/m0/s1. The lowest BCUT2D eigenvalue weighted by atomic mass is 10.0. The predicted octanol–water partition coefficient (Wildman–Crippen LogP) is 5.91. The number of hydrogen-bond acceptors (Lipinski definition) is 4. The number of carboxylic acids is 1. The van der Waals surface area contributed by atoms with Crippen molar-refractivity contribution in [2.75, 3.05) is 26.7 Å². The zero-order valence-electron chi connectivity index (χ0n) is 21.8. The Morgan fingerprint density at radius 2 is 1.83 bits per heavy atom. The number of unbranched alkanes of at least 4 members (excludes halogenated alkanes) is 4. The second kappa shape index (κ2) is 16.3. The molecule has 0 bridgehead atoms. The maximum Gasteiger partial charge on any atom is 0.335 e. The minimum absolute atomic E-state index is 0.0462. The normalized spacial score (nSPS) is 16.9. The average Bonchev–Trinajstić information content (AvgIpc) is 2.81. The minimum atomic E-state index is -0.944. The summed E-state index contributed by atoms with van der Waals surface area (Å²) in [5.41, 5.74) is 2.45. The average molecular weight is 485 g/mol. The van der Waals surface area contributed by atoms with Crippen molar-refractivity contribution < 1.29 is 19.4 Å². The molecule has 35 heavy (non-hydrogen) atoms. The Bertz CT molecular complexity index is 832. The molecule has 0 radical (unpaired) electrons. The fraction of sp³-hybridized carbons (Fsp3) is 0.586. The molecule has 0 fully saturated rings. The summed E-state index contributed by atoms with van der Waals surface area (Å²) in [7, 11) is 2.16. The van der Waals surface area contributed by atoms with Crippen LogP contribution in [0.1, 0.15) is 93.6 Å². The summed E-state index contributed by atoms with van der Waals surface area (Å²) < 4.78 is 6.10. The summed E-state index contributed by atoms with van der Waals surface area (Å²) in [6, 6.07) is 6.52. The topological polar surface area (TPSA) is 78.9 Å². The van der Waals surface area contributed by atoms with Crippen LogP contribution in [0.5, 0.6) is 0 Å². The van der Waals surface area contributed by atoms with Crippen molar-refractivity contribution in [2.45, 2.75) is 83.8 Å². The number of rotatable bonds is 15. The molecule has 1 aromatic rings. The molecular formula is C29H44N2O4. The van der Waals surface area contributed by atoms with E-state index >= 15 is 0 Å². The van der Waals surface area contributed by atoms with Crippen molar-refractivity contribution in [1.29, 1.82) is 0 Å². The van der Waals surface area contributed by atoms with E-state index < -0.39 is 5.97 Å². The molecule has 1 amide bonds. The van der Waals surface area contributed by atoms with Crippen LogP contribution < -0.4 is 5.32 Å². The van der Waals surface area contributed by atoms with Crippen LogP contribution in [0.4, 0.5) is 0 Å². The molecule has 2 rings (SSSR count).